The summed E-state index contributed by atoms with van der Waals surface area (Å²) >= 11 is 11.9. The lowest BCUT2D eigenvalue weighted by atomic mass is 10.2. The fraction of sp³-hybridized carbons (Fsp3) is 0.467. The third kappa shape index (κ3) is 4.35. The van der Waals surface area contributed by atoms with Crippen LogP contribution in [0, 0.1) is 0 Å². The number of hydrogen-bond acceptors (Lipinski definition) is 3. The number of rotatable bonds is 4. The van der Waals surface area contributed by atoms with Gasteiger partial charge in [0.1, 0.15) is 0 Å². The maximum atomic E-state index is 12.2. The number of amides is 2. The Morgan fingerprint density at radius 3 is 2.50 bits per heavy atom. The maximum Gasteiger partial charge on any atom is 0.224 e. The first-order chi connectivity index (χ1) is 10.5. The summed E-state index contributed by atoms with van der Waals surface area (Å²) in [4.78, 5) is 27.3. The number of ether oxygens (including phenoxy) is 1. The molecule has 0 bridgehead atoms. The molecular formula is C15H18Cl2N2O3. The number of anilines is 1. The van der Waals surface area contributed by atoms with Crippen LogP contribution in [0.25, 0.3) is 0 Å². The highest BCUT2D eigenvalue weighted by Gasteiger charge is 2.19. The minimum absolute atomic E-state index is 0.0228. The molecule has 0 radical (unpaired) electrons. The van der Waals surface area contributed by atoms with E-state index in [1.165, 1.54) is 11.8 Å². The van der Waals surface area contributed by atoms with Gasteiger partial charge in [0, 0.05) is 38.7 Å². The molecule has 0 unspecified atom stereocenters. The Bertz CT molecular complexity index is 560. The molecule has 0 aromatic heterocycles. The van der Waals surface area contributed by atoms with E-state index in [2.05, 4.69) is 0 Å². The molecule has 0 saturated carbocycles. The molecule has 2 amide bonds. The van der Waals surface area contributed by atoms with Gasteiger partial charge in [0.05, 0.1) is 23.3 Å². The van der Waals surface area contributed by atoms with Crippen molar-refractivity contribution in [1.29, 1.82) is 0 Å². The third-order valence-electron chi connectivity index (χ3n) is 3.51. The molecule has 120 valence electrons. The van der Waals surface area contributed by atoms with Crippen molar-refractivity contribution in [2.24, 2.45) is 0 Å². The molecule has 2 rings (SSSR count). The zero-order chi connectivity index (χ0) is 16.1. The lowest BCUT2D eigenvalue weighted by Crippen LogP contribution is -2.42. The standard InChI is InChI=1S/C15H18Cl2N2O3/c1-11(20)19(12-2-3-13(16)14(17)10-12)5-4-15(21)18-6-8-22-9-7-18/h2-3,10H,4-9H2,1H3. The fourth-order valence-electron chi connectivity index (χ4n) is 2.30. The monoisotopic (exact) mass is 344 g/mol. The zero-order valence-corrected chi connectivity index (χ0v) is 13.9. The molecule has 1 fully saturated rings. The Balaban J connectivity index is 2.01. The van der Waals surface area contributed by atoms with E-state index >= 15 is 0 Å². The summed E-state index contributed by atoms with van der Waals surface area (Å²) in [7, 11) is 0. The maximum absolute atomic E-state index is 12.2. The third-order valence-corrected chi connectivity index (χ3v) is 4.25. The van der Waals surface area contributed by atoms with Crippen molar-refractivity contribution in [3.05, 3.63) is 28.2 Å². The molecule has 1 saturated heterocycles. The van der Waals surface area contributed by atoms with Gasteiger partial charge in [-0.3, -0.25) is 9.59 Å². The number of morpholine rings is 1. The molecule has 1 aliphatic rings. The first-order valence-electron chi connectivity index (χ1n) is 7.07. The van der Waals surface area contributed by atoms with Crippen LogP contribution in [0.15, 0.2) is 18.2 Å². The highest BCUT2D eigenvalue weighted by atomic mass is 35.5. The van der Waals surface area contributed by atoms with E-state index in [-0.39, 0.29) is 18.2 Å². The normalized spacial score (nSPS) is 14.8. The molecule has 0 N–H and O–H groups in total. The number of carbonyl (C=O) groups excluding carboxylic acids is 2. The predicted octanol–water partition coefficient (Wildman–Crippen LogP) is 2.60. The van der Waals surface area contributed by atoms with E-state index in [0.717, 1.165) is 0 Å². The van der Waals surface area contributed by atoms with Crippen molar-refractivity contribution in [2.45, 2.75) is 13.3 Å². The van der Waals surface area contributed by atoms with Crippen LogP contribution in [-0.4, -0.2) is 49.6 Å². The van der Waals surface area contributed by atoms with Gasteiger partial charge in [-0.05, 0) is 18.2 Å². The van der Waals surface area contributed by atoms with Gasteiger partial charge in [-0.25, -0.2) is 0 Å². The van der Waals surface area contributed by atoms with E-state index in [9.17, 15) is 9.59 Å². The fourth-order valence-corrected chi connectivity index (χ4v) is 2.59. The van der Waals surface area contributed by atoms with Gasteiger partial charge < -0.3 is 14.5 Å². The Labute approximate surface area is 139 Å². The van der Waals surface area contributed by atoms with Crippen molar-refractivity contribution in [2.75, 3.05) is 37.7 Å². The Morgan fingerprint density at radius 1 is 1.23 bits per heavy atom. The summed E-state index contributed by atoms with van der Waals surface area (Å²) in [5, 5.41) is 0.809. The summed E-state index contributed by atoms with van der Waals surface area (Å²) in [6, 6.07) is 4.98. The minimum atomic E-state index is -0.145. The quantitative estimate of drug-likeness (QED) is 0.843. The zero-order valence-electron chi connectivity index (χ0n) is 12.3. The van der Waals surface area contributed by atoms with Gasteiger partial charge in [-0.1, -0.05) is 23.2 Å². The van der Waals surface area contributed by atoms with Crippen LogP contribution in [0.4, 0.5) is 5.69 Å². The molecule has 0 aliphatic carbocycles. The molecule has 1 aromatic carbocycles. The lowest BCUT2D eigenvalue weighted by Gasteiger charge is -2.28. The molecule has 22 heavy (non-hydrogen) atoms. The highest BCUT2D eigenvalue weighted by Crippen LogP contribution is 2.27. The van der Waals surface area contributed by atoms with Crippen molar-refractivity contribution in [3.63, 3.8) is 0 Å². The molecule has 1 aromatic rings. The Morgan fingerprint density at radius 2 is 1.91 bits per heavy atom. The molecule has 1 aliphatic heterocycles. The van der Waals surface area contributed by atoms with Gasteiger partial charge in [0.25, 0.3) is 0 Å². The van der Waals surface area contributed by atoms with Crippen molar-refractivity contribution in [1.82, 2.24) is 4.90 Å². The average Bonchev–Trinajstić information content (AvgIpc) is 2.51. The van der Waals surface area contributed by atoms with Crippen molar-refractivity contribution >= 4 is 40.7 Å². The minimum Gasteiger partial charge on any atom is -0.378 e. The van der Waals surface area contributed by atoms with Gasteiger partial charge >= 0.3 is 0 Å². The lowest BCUT2D eigenvalue weighted by molar-refractivity contribution is -0.135. The van der Waals surface area contributed by atoms with Gasteiger partial charge in [0.15, 0.2) is 0 Å². The number of hydrogen-bond donors (Lipinski definition) is 0. The van der Waals surface area contributed by atoms with Gasteiger partial charge in [-0.2, -0.15) is 0 Å². The van der Waals surface area contributed by atoms with Crippen molar-refractivity contribution in [3.8, 4) is 0 Å². The van der Waals surface area contributed by atoms with Crippen LogP contribution in [-0.2, 0) is 14.3 Å². The molecule has 7 heteroatoms. The van der Waals surface area contributed by atoms with E-state index in [1.54, 1.807) is 23.1 Å². The smallest absolute Gasteiger partial charge is 0.224 e. The summed E-state index contributed by atoms with van der Waals surface area (Å²) < 4.78 is 5.22. The largest absolute Gasteiger partial charge is 0.378 e. The molecule has 0 spiro atoms. The molecular weight excluding hydrogens is 327 g/mol. The summed E-state index contributed by atoms with van der Waals surface area (Å²) in [5.74, 6) is -0.122. The number of benzene rings is 1. The SMILES string of the molecule is CC(=O)N(CCC(=O)N1CCOCC1)c1ccc(Cl)c(Cl)c1. The van der Waals surface area contributed by atoms with Crippen LogP contribution in [0.3, 0.4) is 0 Å². The van der Waals surface area contributed by atoms with Crippen molar-refractivity contribution < 1.29 is 14.3 Å². The second-order valence-electron chi connectivity index (χ2n) is 5.01. The van der Waals surface area contributed by atoms with E-state index in [1.807, 2.05) is 0 Å². The number of nitrogens with zero attached hydrogens (tertiary/aromatic N) is 2. The summed E-state index contributed by atoms with van der Waals surface area (Å²) in [5.41, 5.74) is 0.636. The molecule has 0 atom stereocenters. The first-order valence-corrected chi connectivity index (χ1v) is 7.83. The van der Waals surface area contributed by atoms with Gasteiger partial charge in [0.2, 0.25) is 11.8 Å². The Kier molecular flexibility index (Phi) is 6.06. The van der Waals surface area contributed by atoms with Gasteiger partial charge in [-0.15, -0.1) is 0 Å². The van der Waals surface area contributed by atoms with E-state index < -0.39 is 0 Å². The predicted molar refractivity (Wildman–Crippen MR) is 86.5 cm³/mol. The first kappa shape index (κ1) is 17.1. The number of carbonyl (C=O) groups is 2. The highest BCUT2D eigenvalue weighted by molar-refractivity contribution is 6.42. The van der Waals surface area contributed by atoms with E-state index in [0.29, 0.717) is 48.6 Å². The van der Waals surface area contributed by atoms with Crippen LogP contribution in [0.2, 0.25) is 10.0 Å². The Hall–Kier alpha value is -1.30. The average molecular weight is 345 g/mol. The number of halogens is 2. The summed E-state index contributed by atoms with van der Waals surface area (Å²) in [6.45, 7) is 4.10. The second-order valence-corrected chi connectivity index (χ2v) is 5.83. The van der Waals surface area contributed by atoms with Crippen LogP contribution >= 0.6 is 23.2 Å². The topological polar surface area (TPSA) is 49.9 Å². The van der Waals surface area contributed by atoms with Crippen LogP contribution < -0.4 is 4.90 Å². The van der Waals surface area contributed by atoms with Crippen LogP contribution in [0.1, 0.15) is 13.3 Å². The second kappa shape index (κ2) is 7.81. The molecule has 5 nitrogen and oxygen atoms in total. The van der Waals surface area contributed by atoms with E-state index in [4.69, 9.17) is 27.9 Å². The molecule has 1 heterocycles. The summed E-state index contributed by atoms with van der Waals surface area (Å²) in [6.07, 6.45) is 0.264. The van der Waals surface area contributed by atoms with Crippen LogP contribution in [0.5, 0.6) is 0 Å².